The molecule has 4 heterocycles. The molecule has 2 fully saturated rings. The average molecular weight is 922 g/mol. The molecule has 0 aliphatic carbocycles. The fourth-order valence-electron chi connectivity index (χ4n) is 8.10. The smallest absolute Gasteiger partial charge is 0.330 e. The first-order valence-electron chi connectivity index (χ1n) is 21.5. The van der Waals surface area contributed by atoms with Gasteiger partial charge in [-0.05, 0) is 68.7 Å². The lowest BCUT2D eigenvalue weighted by Gasteiger charge is -2.41. The molecule has 5 atom stereocenters. The lowest BCUT2D eigenvalue weighted by atomic mass is 9.79. The summed E-state index contributed by atoms with van der Waals surface area (Å²) in [5.41, 5.74) is 1.95. The number of nitriles is 1. The fourth-order valence-corrected chi connectivity index (χ4v) is 10.4. The third kappa shape index (κ3) is 10.0. The predicted molar refractivity (Wildman–Crippen MR) is 248 cm³/mol. The van der Waals surface area contributed by atoms with E-state index in [1.807, 2.05) is 78.9 Å². The molecule has 3 aromatic carbocycles. The number of rotatable bonds is 18. The van der Waals surface area contributed by atoms with Gasteiger partial charge in [-0.3, -0.25) is 14.3 Å². The summed E-state index contributed by atoms with van der Waals surface area (Å²) < 4.78 is 50.6. The number of aromatic nitrogens is 5. The molecular formula is C47H56N7O9PSi. The Labute approximate surface area is 381 Å². The van der Waals surface area contributed by atoms with Gasteiger partial charge < -0.3 is 32.7 Å². The van der Waals surface area contributed by atoms with E-state index in [0.717, 1.165) is 16.7 Å². The van der Waals surface area contributed by atoms with E-state index in [1.165, 1.54) is 15.4 Å². The van der Waals surface area contributed by atoms with Gasteiger partial charge in [0.2, 0.25) is 0 Å². The molecule has 2 saturated heterocycles. The van der Waals surface area contributed by atoms with Gasteiger partial charge in [0.05, 0.1) is 58.3 Å². The van der Waals surface area contributed by atoms with Crippen molar-refractivity contribution in [3.63, 3.8) is 0 Å². The van der Waals surface area contributed by atoms with E-state index >= 15 is 0 Å². The number of fused-ring (bicyclic) bond motifs is 2. The Balaban J connectivity index is 1.36. The van der Waals surface area contributed by atoms with Gasteiger partial charge in [-0.25, -0.2) is 9.46 Å². The summed E-state index contributed by atoms with van der Waals surface area (Å²) in [6, 6.07) is 30.4. The molecule has 18 heteroatoms. The van der Waals surface area contributed by atoms with Crippen LogP contribution in [-0.4, -0.2) is 101 Å². The molecule has 16 nitrogen and oxygen atoms in total. The van der Waals surface area contributed by atoms with Gasteiger partial charge in [0.1, 0.15) is 48.7 Å². The number of nitrogens with one attached hydrogen (secondary N) is 1. The summed E-state index contributed by atoms with van der Waals surface area (Å²) >= 11 is 0. The van der Waals surface area contributed by atoms with Crippen LogP contribution < -0.4 is 20.7 Å². The molecule has 65 heavy (non-hydrogen) atoms. The van der Waals surface area contributed by atoms with Crippen LogP contribution in [0.4, 0.5) is 0 Å². The summed E-state index contributed by atoms with van der Waals surface area (Å²) in [6.07, 6.45) is 0.208. The van der Waals surface area contributed by atoms with Crippen LogP contribution in [0.1, 0.15) is 57.0 Å². The third-order valence-corrected chi connectivity index (χ3v) is 14.1. The van der Waals surface area contributed by atoms with E-state index in [2.05, 4.69) is 85.0 Å². The van der Waals surface area contributed by atoms with Crippen molar-refractivity contribution in [3.05, 3.63) is 129 Å². The zero-order chi connectivity index (χ0) is 46.5. The summed E-state index contributed by atoms with van der Waals surface area (Å²) in [5, 5.41) is 17.9. The van der Waals surface area contributed by atoms with Crippen LogP contribution in [0.15, 0.2) is 101 Å². The second-order valence-corrected chi connectivity index (χ2v) is 23.6. The maximum atomic E-state index is 13.9. The van der Waals surface area contributed by atoms with E-state index in [0.29, 0.717) is 11.5 Å². The molecule has 2 aromatic heterocycles. The van der Waals surface area contributed by atoms with Crippen LogP contribution in [0.3, 0.4) is 0 Å². The van der Waals surface area contributed by atoms with Gasteiger partial charge in [0, 0.05) is 24.3 Å². The minimum atomic E-state index is -1.84. The summed E-state index contributed by atoms with van der Waals surface area (Å²) in [6.45, 7) is 14.6. The topological polar surface area (TPSA) is 177 Å². The maximum absolute atomic E-state index is 13.9. The van der Waals surface area contributed by atoms with Crippen LogP contribution in [0, 0.1) is 22.9 Å². The first-order chi connectivity index (χ1) is 31.1. The first-order valence-corrected chi connectivity index (χ1v) is 26.1. The Morgan fingerprint density at radius 1 is 0.938 bits per heavy atom. The Morgan fingerprint density at radius 3 is 2.12 bits per heavy atom. The molecule has 1 N–H and O–H groups in total. The van der Waals surface area contributed by atoms with Crippen LogP contribution in [-0.2, 0) is 28.9 Å². The molecule has 2 aliphatic heterocycles. The van der Waals surface area contributed by atoms with Crippen molar-refractivity contribution in [2.45, 2.75) is 95.5 Å². The van der Waals surface area contributed by atoms with Crippen molar-refractivity contribution in [1.29, 1.82) is 5.26 Å². The lowest BCUT2D eigenvalue weighted by molar-refractivity contribution is -0.203. The molecule has 7 rings (SSSR count). The molecule has 0 amide bonds. The number of hydrogen-bond acceptors (Lipinski definition) is 13. The SMILES string of the molecule is COc1ccc(C(OC[C@]23CO[C@H]([C@H](n4cc(-c5cn(C#C[Si](C)(C)C)nn5)c(=O)[nH]c4=O)O2)[C@H]3OP(OCCC#N)N(C(C)C)C(C)C)(c2ccccc2)c2ccc(OC)cc2)cc1. The minimum Gasteiger partial charge on any atom is -0.497 e. The van der Waals surface area contributed by atoms with Crippen LogP contribution >= 0.6 is 8.53 Å². The number of H-pyrrole nitrogens is 1. The van der Waals surface area contributed by atoms with Crippen molar-refractivity contribution in [1.82, 2.24) is 29.2 Å². The summed E-state index contributed by atoms with van der Waals surface area (Å²) in [5.74, 6) is 1.34. The van der Waals surface area contributed by atoms with Crippen molar-refractivity contribution in [3.8, 4) is 40.4 Å². The molecule has 5 aromatic rings. The Hall–Kier alpha value is -5.46. The number of aromatic amines is 1. The molecule has 2 aliphatic rings. The molecule has 2 bridgehead atoms. The van der Waals surface area contributed by atoms with Gasteiger partial charge in [-0.1, -0.05) is 79.5 Å². The normalized spacial score (nSPS) is 19.9. The number of hydrogen-bond donors (Lipinski definition) is 1. The van der Waals surface area contributed by atoms with Crippen LogP contribution in [0.25, 0.3) is 11.3 Å². The van der Waals surface area contributed by atoms with Crippen LogP contribution in [0.5, 0.6) is 11.5 Å². The van der Waals surface area contributed by atoms with Crippen molar-refractivity contribution < 1.29 is 32.7 Å². The third-order valence-electron chi connectivity index (χ3n) is 11.1. The minimum absolute atomic E-state index is 0.0174. The Kier molecular flexibility index (Phi) is 14.6. The molecule has 0 saturated carbocycles. The molecule has 0 spiro atoms. The lowest BCUT2D eigenvalue weighted by Crippen LogP contribution is -2.49. The number of methoxy groups -OCH3 is 2. The second kappa shape index (κ2) is 20.0. The zero-order valence-electron chi connectivity index (χ0n) is 38.2. The maximum Gasteiger partial charge on any atom is 0.330 e. The molecule has 342 valence electrons. The fraction of sp³-hybridized carbons (Fsp3) is 0.426. The summed E-state index contributed by atoms with van der Waals surface area (Å²) in [4.78, 5) is 29.8. The Morgan fingerprint density at radius 2 is 1.55 bits per heavy atom. The number of nitrogens with zero attached hydrogens (tertiary/aromatic N) is 6. The standard InChI is InChI=1S/C47H56N7O9PSi/c1-32(2)54(33(3)4)64(61-26-13-24-48)63-42-41-44(53-28-39(43(55)49-45(53)56)40-29-52(51-50-40)25-27-65(7,8)9)62-46(42,30-59-41)31-60-47(34-14-11-10-12-15-34,35-16-20-37(57-5)21-17-35)36-18-22-38(58-6)23-19-36/h10-12,14-23,28-29,32-33,41-42,44H,13,26,30-31H2,1-9H3,(H,49,55,56)/t41-,42+,44+,46-,64?/m0/s1. The highest BCUT2D eigenvalue weighted by Crippen LogP contribution is 2.56. The quantitative estimate of drug-likeness (QED) is 0.0318. The van der Waals surface area contributed by atoms with E-state index in [4.69, 9.17) is 32.7 Å². The first kappa shape index (κ1) is 47.5. The largest absolute Gasteiger partial charge is 0.497 e. The molecular weight excluding hydrogens is 866 g/mol. The highest BCUT2D eigenvalue weighted by Gasteiger charge is 2.65. The van der Waals surface area contributed by atoms with Crippen molar-refractivity contribution in [2.24, 2.45) is 0 Å². The highest BCUT2D eigenvalue weighted by atomic mass is 31.2. The van der Waals surface area contributed by atoms with Crippen LogP contribution in [0.2, 0.25) is 19.6 Å². The highest BCUT2D eigenvalue weighted by molar-refractivity contribution is 7.44. The van der Waals surface area contributed by atoms with Gasteiger partial charge in [0.15, 0.2) is 6.23 Å². The van der Waals surface area contributed by atoms with Crippen molar-refractivity contribution >= 4 is 16.6 Å². The van der Waals surface area contributed by atoms with Gasteiger partial charge in [-0.2, -0.15) is 9.94 Å². The second-order valence-electron chi connectivity index (χ2n) is 17.5. The number of ether oxygens (including phenoxy) is 5. The average Bonchev–Trinajstić information content (AvgIpc) is 3.98. The van der Waals surface area contributed by atoms with E-state index < -0.39 is 57.5 Å². The molecule has 0 radical (unpaired) electrons. The van der Waals surface area contributed by atoms with Crippen molar-refractivity contribution in [2.75, 3.05) is 34.0 Å². The summed E-state index contributed by atoms with van der Waals surface area (Å²) in [7, 11) is -0.362. The number of benzene rings is 3. The van der Waals surface area contributed by atoms with E-state index in [-0.39, 0.29) is 49.6 Å². The Bertz CT molecular complexity index is 2580. The zero-order valence-corrected chi connectivity index (χ0v) is 40.1. The van der Waals surface area contributed by atoms with Gasteiger partial charge >= 0.3 is 5.69 Å². The predicted octanol–water partition coefficient (Wildman–Crippen LogP) is 6.83. The van der Waals surface area contributed by atoms with Gasteiger partial charge in [-0.15, -0.1) is 10.6 Å². The van der Waals surface area contributed by atoms with E-state index in [1.54, 1.807) is 20.4 Å². The van der Waals surface area contributed by atoms with E-state index in [9.17, 15) is 14.9 Å². The van der Waals surface area contributed by atoms with Gasteiger partial charge in [0.25, 0.3) is 14.1 Å². The molecule has 1 unspecified atom stereocenters. The monoisotopic (exact) mass is 921 g/mol.